The summed E-state index contributed by atoms with van der Waals surface area (Å²) in [6.45, 7) is 11.5. The van der Waals surface area contributed by atoms with Crippen molar-refractivity contribution in [1.29, 1.82) is 0 Å². The van der Waals surface area contributed by atoms with Crippen LogP contribution < -0.4 is 9.64 Å². The number of piperidine rings is 1. The number of β-amino-alcohol motifs (C(OH)–C–C–N with tert-alkyl or cyclic N) is 1. The number of rotatable bonds is 8. The van der Waals surface area contributed by atoms with E-state index in [4.69, 9.17) is 25.9 Å². The molecule has 1 atom stereocenters. The van der Waals surface area contributed by atoms with Crippen LogP contribution in [0.1, 0.15) is 63.5 Å². The maximum Gasteiger partial charge on any atom is 0.319 e. The molecule has 3 fully saturated rings. The number of terminal acetylenes is 1. The fraction of sp³-hybridized carbons (Fsp3) is 0.474. The number of anilines is 1. The molecule has 246 valence electrons. The number of hydrogen-bond donors (Lipinski definition) is 1. The first-order chi connectivity index (χ1) is 22.6. The van der Waals surface area contributed by atoms with Crippen molar-refractivity contribution >= 4 is 27.5 Å². The number of nitrogens with zero attached hydrogens (tertiary/aromatic N) is 4. The molecule has 9 heteroatoms. The summed E-state index contributed by atoms with van der Waals surface area (Å²) in [5, 5.41) is 12.8. The summed E-state index contributed by atoms with van der Waals surface area (Å²) in [6, 6.07) is 10.6. The van der Waals surface area contributed by atoms with Gasteiger partial charge in [0.2, 0.25) is 0 Å². The van der Waals surface area contributed by atoms with Crippen molar-refractivity contribution in [1.82, 2.24) is 14.9 Å². The predicted octanol–water partition coefficient (Wildman–Crippen LogP) is 6.68. The summed E-state index contributed by atoms with van der Waals surface area (Å²) >= 11 is 0. The Balaban J connectivity index is 1.38. The number of halogens is 2. The van der Waals surface area contributed by atoms with Gasteiger partial charge in [-0.15, -0.1) is 6.42 Å². The highest BCUT2D eigenvalue weighted by Gasteiger charge is 2.45. The van der Waals surface area contributed by atoms with Crippen LogP contribution in [-0.2, 0) is 4.74 Å². The van der Waals surface area contributed by atoms with Crippen LogP contribution >= 0.6 is 0 Å². The van der Waals surface area contributed by atoms with E-state index in [9.17, 15) is 5.11 Å². The first-order valence-electron chi connectivity index (χ1n) is 16.7. The zero-order valence-electron chi connectivity index (χ0n) is 27.4. The molecule has 1 aromatic heterocycles. The molecule has 0 amide bonds. The monoisotopic (exact) mass is 640 g/mol. The number of benzene rings is 3. The highest BCUT2D eigenvalue weighted by molar-refractivity contribution is 6.04. The van der Waals surface area contributed by atoms with E-state index in [0.29, 0.717) is 53.8 Å². The Morgan fingerprint density at radius 3 is 2.57 bits per heavy atom. The van der Waals surface area contributed by atoms with Crippen LogP contribution in [0.25, 0.3) is 32.8 Å². The second-order valence-electron chi connectivity index (χ2n) is 14.2. The van der Waals surface area contributed by atoms with Gasteiger partial charge < -0.3 is 19.5 Å². The van der Waals surface area contributed by atoms with E-state index >= 15 is 8.78 Å². The third-order valence-corrected chi connectivity index (χ3v) is 10.1. The van der Waals surface area contributed by atoms with Crippen molar-refractivity contribution in [2.45, 2.75) is 58.0 Å². The van der Waals surface area contributed by atoms with E-state index < -0.39 is 17.2 Å². The molecule has 47 heavy (non-hydrogen) atoms. The van der Waals surface area contributed by atoms with Crippen LogP contribution in [0.3, 0.4) is 0 Å². The Kier molecular flexibility index (Phi) is 8.32. The molecule has 1 saturated carbocycles. The second kappa shape index (κ2) is 12.3. The zero-order chi connectivity index (χ0) is 32.9. The molecule has 0 radical (unpaired) electrons. The summed E-state index contributed by atoms with van der Waals surface area (Å²) < 4.78 is 44.2. The van der Waals surface area contributed by atoms with Crippen molar-refractivity contribution in [3.8, 4) is 29.5 Å². The largest absolute Gasteiger partial charge is 0.463 e. The fourth-order valence-electron chi connectivity index (χ4n) is 7.33. The first-order valence-corrected chi connectivity index (χ1v) is 16.7. The lowest BCUT2D eigenvalue weighted by molar-refractivity contribution is 0.0231. The molecule has 2 aliphatic heterocycles. The smallest absolute Gasteiger partial charge is 0.319 e. The molecular formula is C38H42F2N4O3. The van der Waals surface area contributed by atoms with Gasteiger partial charge in [0.1, 0.15) is 17.2 Å². The Labute approximate surface area is 274 Å². The minimum Gasteiger partial charge on any atom is -0.463 e. The van der Waals surface area contributed by atoms with Gasteiger partial charge in [0, 0.05) is 54.5 Å². The summed E-state index contributed by atoms with van der Waals surface area (Å²) in [5.74, 6) is 1.90. The van der Waals surface area contributed by atoms with E-state index in [1.165, 1.54) is 6.07 Å². The van der Waals surface area contributed by atoms with E-state index in [1.807, 2.05) is 43.9 Å². The SMILES string of the molecule is C#Cc1c(F)ccc2cccc(-c3c(C(C)C)cc4c(N5CCC[C@@](C)(O)C5)nc(OCC5(CN6CCOCC6)CC5)nc4c3F)c12. The first kappa shape index (κ1) is 31.7. The quantitative estimate of drug-likeness (QED) is 0.216. The van der Waals surface area contributed by atoms with Crippen molar-refractivity contribution in [2.24, 2.45) is 5.41 Å². The van der Waals surface area contributed by atoms with Crippen LogP contribution in [0.15, 0.2) is 36.4 Å². The van der Waals surface area contributed by atoms with Gasteiger partial charge in [-0.3, -0.25) is 4.90 Å². The molecule has 1 N–H and O–H groups in total. The molecular weight excluding hydrogens is 598 g/mol. The minimum atomic E-state index is -0.912. The Hall–Kier alpha value is -3.84. The van der Waals surface area contributed by atoms with Gasteiger partial charge in [0.25, 0.3) is 0 Å². The average molecular weight is 641 g/mol. The molecule has 0 spiro atoms. The molecule has 3 aliphatic rings. The number of fused-ring (bicyclic) bond motifs is 2. The van der Waals surface area contributed by atoms with Crippen LogP contribution in [0, 0.1) is 29.4 Å². The fourth-order valence-corrected chi connectivity index (χ4v) is 7.33. The maximum atomic E-state index is 17.3. The van der Waals surface area contributed by atoms with E-state index in [0.717, 1.165) is 63.1 Å². The molecule has 7 rings (SSSR count). The predicted molar refractivity (Wildman–Crippen MR) is 181 cm³/mol. The molecule has 1 aliphatic carbocycles. The van der Waals surface area contributed by atoms with E-state index in [2.05, 4.69) is 10.8 Å². The summed E-state index contributed by atoms with van der Waals surface area (Å²) in [6.07, 6.45) is 9.35. The number of aliphatic hydroxyl groups is 1. The minimum absolute atomic E-state index is 0.00841. The van der Waals surface area contributed by atoms with Crippen LogP contribution in [0.4, 0.5) is 14.6 Å². The molecule has 4 aromatic rings. The van der Waals surface area contributed by atoms with Crippen LogP contribution in [0.5, 0.6) is 6.01 Å². The highest BCUT2D eigenvalue weighted by atomic mass is 19.1. The third kappa shape index (κ3) is 6.15. The molecule has 0 unspecified atom stereocenters. The van der Waals surface area contributed by atoms with Gasteiger partial charge in [-0.1, -0.05) is 44.0 Å². The molecule has 0 bridgehead atoms. The zero-order valence-corrected chi connectivity index (χ0v) is 27.4. The standard InChI is InChI=1S/C38H42F2N4O3/c1-5-26-30(39)11-10-25-8-6-9-27(31(25)26)32-28(24(2)3)20-29-34(33(32)40)41-36(42-35(29)44-15-7-12-37(4,45)21-44)47-23-38(13-14-38)22-43-16-18-46-19-17-43/h1,6,8-11,20,24,45H,7,12-19,21-23H2,2-4H3/t37-/m1/s1. The number of morpholine rings is 1. The van der Waals surface area contributed by atoms with Gasteiger partial charge in [0.05, 0.1) is 31.0 Å². The molecule has 3 aromatic carbocycles. The van der Waals surface area contributed by atoms with Crippen molar-refractivity contribution in [3.63, 3.8) is 0 Å². The third-order valence-electron chi connectivity index (χ3n) is 10.1. The highest BCUT2D eigenvalue weighted by Crippen LogP contribution is 2.47. The molecule has 7 nitrogen and oxygen atoms in total. The van der Waals surface area contributed by atoms with Gasteiger partial charge in [-0.25, -0.2) is 8.78 Å². The summed E-state index contributed by atoms with van der Waals surface area (Å²) in [7, 11) is 0. The Morgan fingerprint density at radius 2 is 1.87 bits per heavy atom. The van der Waals surface area contributed by atoms with Gasteiger partial charge in [-0.2, -0.15) is 9.97 Å². The van der Waals surface area contributed by atoms with Gasteiger partial charge in [-0.05, 0) is 67.2 Å². The van der Waals surface area contributed by atoms with Gasteiger partial charge >= 0.3 is 6.01 Å². The Bertz CT molecular complexity index is 1880. The maximum absolute atomic E-state index is 17.3. The van der Waals surface area contributed by atoms with Crippen LogP contribution in [-0.4, -0.2) is 78.1 Å². The average Bonchev–Trinajstić information content (AvgIpc) is 3.82. The number of ether oxygens (including phenoxy) is 2. The van der Waals surface area contributed by atoms with Crippen molar-refractivity contribution < 1.29 is 23.4 Å². The summed E-state index contributed by atoms with van der Waals surface area (Å²) in [4.78, 5) is 14.1. The molecule has 2 saturated heterocycles. The molecule has 3 heterocycles. The normalized spacial score (nSPS) is 21.4. The van der Waals surface area contributed by atoms with Crippen molar-refractivity contribution in [2.75, 3.05) is 57.4 Å². The summed E-state index contributed by atoms with van der Waals surface area (Å²) in [5.41, 5.74) is 0.920. The van der Waals surface area contributed by atoms with Crippen molar-refractivity contribution in [3.05, 3.63) is 59.2 Å². The number of aromatic nitrogens is 2. The lowest BCUT2D eigenvalue weighted by Gasteiger charge is -2.38. The topological polar surface area (TPSA) is 71.0 Å². The number of hydrogen-bond acceptors (Lipinski definition) is 7. The lowest BCUT2D eigenvalue weighted by Crippen LogP contribution is -2.46. The Morgan fingerprint density at radius 1 is 1.09 bits per heavy atom. The van der Waals surface area contributed by atoms with Crippen LogP contribution in [0.2, 0.25) is 0 Å². The van der Waals surface area contributed by atoms with Gasteiger partial charge in [0.15, 0.2) is 5.82 Å². The second-order valence-corrected chi connectivity index (χ2v) is 14.2. The van der Waals surface area contributed by atoms with E-state index in [-0.39, 0.29) is 28.4 Å². The van der Waals surface area contributed by atoms with E-state index in [1.54, 1.807) is 12.1 Å². The lowest BCUT2D eigenvalue weighted by atomic mass is 9.86.